The fraction of sp³-hybridized carbons (Fsp3) is 0.750. The van der Waals surface area contributed by atoms with Crippen LogP contribution in [0.1, 0.15) is 32.9 Å². The Morgan fingerprint density at radius 1 is 1.69 bits per heavy atom. The minimum absolute atomic E-state index is 0.266. The van der Waals surface area contributed by atoms with E-state index < -0.39 is 0 Å². The van der Waals surface area contributed by atoms with E-state index in [-0.39, 0.29) is 5.54 Å². The van der Waals surface area contributed by atoms with Gasteiger partial charge in [0.2, 0.25) is 0 Å². The molecule has 1 aromatic heterocycles. The maximum atomic E-state index is 4.37. The molecule has 1 aliphatic rings. The maximum absolute atomic E-state index is 4.37. The largest absolute Gasteiger partial charge is 0.309 e. The average Bonchev–Trinajstić information content (AvgIpc) is 2.77. The molecule has 0 amide bonds. The lowest BCUT2D eigenvalue weighted by atomic mass is 9.94. The highest BCUT2D eigenvalue weighted by Crippen LogP contribution is 2.20. The topological polar surface area (TPSA) is 28.2 Å². The summed E-state index contributed by atoms with van der Waals surface area (Å²) in [5.74, 6) is 0. The predicted molar refractivity (Wildman–Crippen MR) is 68.7 cm³/mol. The summed E-state index contributed by atoms with van der Waals surface area (Å²) < 4.78 is 0. The van der Waals surface area contributed by atoms with Gasteiger partial charge in [0.25, 0.3) is 0 Å². The third-order valence-corrected chi connectivity index (χ3v) is 4.26. The molecular weight excluding hydrogens is 218 g/mol. The van der Waals surface area contributed by atoms with Crippen LogP contribution < -0.4 is 5.32 Å². The van der Waals surface area contributed by atoms with Gasteiger partial charge in [-0.3, -0.25) is 4.90 Å². The Kier molecular flexibility index (Phi) is 3.62. The molecule has 2 rings (SSSR count). The van der Waals surface area contributed by atoms with Crippen molar-refractivity contribution in [2.45, 2.75) is 45.3 Å². The van der Waals surface area contributed by atoms with Crippen molar-refractivity contribution < 1.29 is 0 Å². The van der Waals surface area contributed by atoms with E-state index in [2.05, 4.69) is 41.4 Å². The zero-order valence-electron chi connectivity index (χ0n) is 10.4. The highest BCUT2D eigenvalue weighted by atomic mass is 32.1. The summed E-state index contributed by atoms with van der Waals surface area (Å²) in [6, 6.07) is 0.598. The molecule has 2 atom stereocenters. The van der Waals surface area contributed by atoms with Crippen LogP contribution in [0.15, 0.2) is 10.9 Å². The molecule has 2 heterocycles. The van der Waals surface area contributed by atoms with Gasteiger partial charge in [-0.2, -0.15) is 0 Å². The van der Waals surface area contributed by atoms with Gasteiger partial charge in [0.1, 0.15) is 0 Å². The molecule has 1 N–H and O–H groups in total. The molecule has 0 bridgehead atoms. The number of piperazine rings is 1. The van der Waals surface area contributed by atoms with Crippen molar-refractivity contribution >= 4 is 11.3 Å². The lowest BCUT2D eigenvalue weighted by molar-refractivity contribution is 0.0856. The van der Waals surface area contributed by atoms with Crippen LogP contribution in [0.4, 0.5) is 0 Å². The first kappa shape index (κ1) is 12.0. The van der Waals surface area contributed by atoms with E-state index in [4.69, 9.17) is 0 Å². The summed E-state index contributed by atoms with van der Waals surface area (Å²) in [5, 5.41) is 5.80. The molecule has 0 aliphatic carbocycles. The molecule has 1 fully saturated rings. The Bertz CT molecular complexity index is 325. The fourth-order valence-electron chi connectivity index (χ4n) is 2.16. The molecule has 0 saturated carbocycles. The van der Waals surface area contributed by atoms with Crippen LogP contribution in [0, 0.1) is 0 Å². The molecule has 16 heavy (non-hydrogen) atoms. The monoisotopic (exact) mass is 239 g/mol. The third-order valence-electron chi connectivity index (χ3n) is 3.63. The first-order valence-corrected chi connectivity index (χ1v) is 6.93. The number of hydrogen-bond acceptors (Lipinski definition) is 4. The molecule has 4 heteroatoms. The summed E-state index contributed by atoms with van der Waals surface area (Å²) in [6.45, 7) is 10.0. The smallest absolute Gasteiger partial charge is 0.0795 e. The zero-order valence-corrected chi connectivity index (χ0v) is 11.2. The highest BCUT2D eigenvalue weighted by Gasteiger charge is 2.32. The Balaban J connectivity index is 2.01. The summed E-state index contributed by atoms with van der Waals surface area (Å²) in [7, 11) is 0. The second kappa shape index (κ2) is 4.82. The summed E-state index contributed by atoms with van der Waals surface area (Å²) in [4.78, 5) is 6.91. The summed E-state index contributed by atoms with van der Waals surface area (Å²) in [5.41, 5.74) is 3.39. The van der Waals surface area contributed by atoms with Crippen LogP contribution >= 0.6 is 11.3 Å². The van der Waals surface area contributed by atoms with Gasteiger partial charge in [0.05, 0.1) is 11.2 Å². The van der Waals surface area contributed by atoms with E-state index in [1.807, 2.05) is 5.51 Å². The molecule has 2 unspecified atom stereocenters. The summed E-state index contributed by atoms with van der Waals surface area (Å²) >= 11 is 1.68. The van der Waals surface area contributed by atoms with Crippen molar-refractivity contribution in [2.24, 2.45) is 0 Å². The van der Waals surface area contributed by atoms with E-state index in [1.54, 1.807) is 11.3 Å². The van der Waals surface area contributed by atoms with Gasteiger partial charge in [-0.05, 0) is 20.3 Å². The van der Waals surface area contributed by atoms with Gasteiger partial charge in [-0.1, -0.05) is 6.92 Å². The quantitative estimate of drug-likeness (QED) is 0.875. The molecule has 1 saturated heterocycles. The Hall–Kier alpha value is -0.450. The van der Waals surface area contributed by atoms with Gasteiger partial charge < -0.3 is 5.32 Å². The summed E-state index contributed by atoms with van der Waals surface area (Å²) in [6.07, 6.45) is 1.17. The SMILES string of the molecule is CCC1(C)CN(Cc2cscn2)C(C)CN1. The van der Waals surface area contributed by atoms with Crippen LogP contribution in [0.2, 0.25) is 0 Å². The minimum Gasteiger partial charge on any atom is -0.309 e. The van der Waals surface area contributed by atoms with Crippen molar-refractivity contribution in [3.05, 3.63) is 16.6 Å². The van der Waals surface area contributed by atoms with Gasteiger partial charge in [-0.25, -0.2) is 4.98 Å². The molecule has 1 aliphatic heterocycles. The fourth-order valence-corrected chi connectivity index (χ4v) is 2.71. The second-order valence-corrected chi connectivity index (χ2v) is 5.75. The Morgan fingerprint density at radius 3 is 3.12 bits per heavy atom. The molecule has 0 aromatic carbocycles. The number of aromatic nitrogens is 1. The number of nitrogens with zero attached hydrogens (tertiary/aromatic N) is 2. The van der Waals surface area contributed by atoms with Crippen molar-refractivity contribution in [1.29, 1.82) is 0 Å². The van der Waals surface area contributed by atoms with E-state index in [0.29, 0.717) is 6.04 Å². The molecule has 0 spiro atoms. The Labute approximate surface area is 102 Å². The zero-order chi connectivity index (χ0) is 11.6. The van der Waals surface area contributed by atoms with Crippen LogP contribution in [-0.4, -0.2) is 34.6 Å². The van der Waals surface area contributed by atoms with Gasteiger partial charge in [0, 0.05) is 36.6 Å². The second-order valence-electron chi connectivity index (χ2n) is 5.03. The molecule has 3 nitrogen and oxygen atoms in total. The standard InChI is InChI=1S/C12H21N3S/c1-4-12(3)8-15(10(2)5-14-12)6-11-7-16-9-13-11/h7,9-10,14H,4-6,8H2,1-3H3. The number of thiazole rings is 1. The maximum Gasteiger partial charge on any atom is 0.0795 e. The third kappa shape index (κ3) is 2.62. The lowest BCUT2D eigenvalue weighted by Gasteiger charge is -2.44. The lowest BCUT2D eigenvalue weighted by Crippen LogP contribution is -2.61. The van der Waals surface area contributed by atoms with Crippen LogP contribution in [0.25, 0.3) is 0 Å². The number of nitrogens with one attached hydrogen (secondary N) is 1. The average molecular weight is 239 g/mol. The van der Waals surface area contributed by atoms with Gasteiger partial charge in [0.15, 0.2) is 0 Å². The normalized spacial score (nSPS) is 31.8. The van der Waals surface area contributed by atoms with Crippen molar-refractivity contribution in [3.63, 3.8) is 0 Å². The van der Waals surface area contributed by atoms with Crippen molar-refractivity contribution in [3.8, 4) is 0 Å². The molecule has 0 radical (unpaired) electrons. The van der Waals surface area contributed by atoms with E-state index in [0.717, 1.165) is 19.6 Å². The number of rotatable bonds is 3. The predicted octanol–water partition coefficient (Wildman–Crippen LogP) is 2.11. The van der Waals surface area contributed by atoms with Crippen LogP contribution in [0.3, 0.4) is 0 Å². The number of hydrogen-bond donors (Lipinski definition) is 1. The minimum atomic E-state index is 0.266. The first-order chi connectivity index (χ1) is 7.63. The van der Waals surface area contributed by atoms with Gasteiger partial charge in [-0.15, -0.1) is 11.3 Å². The van der Waals surface area contributed by atoms with E-state index in [9.17, 15) is 0 Å². The first-order valence-electron chi connectivity index (χ1n) is 5.99. The van der Waals surface area contributed by atoms with Crippen molar-refractivity contribution in [2.75, 3.05) is 13.1 Å². The molecule has 1 aromatic rings. The highest BCUT2D eigenvalue weighted by molar-refractivity contribution is 7.07. The molecular formula is C12H21N3S. The Morgan fingerprint density at radius 2 is 2.50 bits per heavy atom. The molecule has 90 valence electrons. The van der Waals surface area contributed by atoms with Crippen LogP contribution in [-0.2, 0) is 6.54 Å². The van der Waals surface area contributed by atoms with E-state index in [1.165, 1.54) is 12.1 Å². The van der Waals surface area contributed by atoms with Crippen LogP contribution in [0.5, 0.6) is 0 Å². The van der Waals surface area contributed by atoms with E-state index >= 15 is 0 Å². The van der Waals surface area contributed by atoms with Crippen molar-refractivity contribution in [1.82, 2.24) is 15.2 Å². The van der Waals surface area contributed by atoms with Gasteiger partial charge >= 0.3 is 0 Å².